The van der Waals surface area contributed by atoms with Gasteiger partial charge >= 0.3 is 0 Å². The molecule has 1 aromatic heterocycles. The summed E-state index contributed by atoms with van der Waals surface area (Å²) in [4.78, 5) is 0. The van der Waals surface area contributed by atoms with Crippen LogP contribution in [0.25, 0.3) is 0 Å². The van der Waals surface area contributed by atoms with Crippen LogP contribution in [-0.2, 0) is 11.2 Å². The van der Waals surface area contributed by atoms with Crippen LogP contribution in [-0.4, -0.2) is 18.2 Å². The minimum Gasteiger partial charge on any atom is -0.374 e. The highest BCUT2D eigenvalue weighted by atomic mass is 32.1. The SMILES string of the molecule is CCOC1(C(N)Cc2ccsc2)CCCC1. The third kappa shape index (κ3) is 2.47. The van der Waals surface area contributed by atoms with Crippen molar-refractivity contribution in [3.8, 4) is 0 Å². The molecule has 16 heavy (non-hydrogen) atoms. The summed E-state index contributed by atoms with van der Waals surface area (Å²) in [6.45, 7) is 2.84. The van der Waals surface area contributed by atoms with Crippen LogP contribution in [0.3, 0.4) is 0 Å². The van der Waals surface area contributed by atoms with E-state index in [1.807, 2.05) is 0 Å². The fraction of sp³-hybridized carbons (Fsp3) is 0.692. The van der Waals surface area contributed by atoms with Gasteiger partial charge in [-0.3, -0.25) is 0 Å². The van der Waals surface area contributed by atoms with Crippen LogP contribution in [0.2, 0.25) is 0 Å². The number of hydrogen-bond donors (Lipinski definition) is 1. The maximum absolute atomic E-state index is 6.37. The fourth-order valence-corrected chi connectivity index (χ4v) is 3.41. The zero-order valence-electron chi connectivity index (χ0n) is 9.95. The lowest BCUT2D eigenvalue weighted by atomic mass is 9.88. The molecule has 90 valence electrons. The lowest BCUT2D eigenvalue weighted by Crippen LogP contribution is -2.49. The van der Waals surface area contributed by atoms with Gasteiger partial charge in [0.1, 0.15) is 0 Å². The van der Waals surface area contributed by atoms with Gasteiger partial charge in [0.05, 0.1) is 5.60 Å². The normalized spacial score (nSPS) is 21.1. The first-order valence-electron chi connectivity index (χ1n) is 6.17. The molecule has 3 heteroatoms. The molecule has 1 fully saturated rings. The molecule has 0 radical (unpaired) electrons. The molecule has 1 aliphatic rings. The van der Waals surface area contributed by atoms with Crippen molar-refractivity contribution in [2.75, 3.05) is 6.61 Å². The van der Waals surface area contributed by atoms with Crippen LogP contribution in [0.5, 0.6) is 0 Å². The average molecular weight is 239 g/mol. The maximum Gasteiger partial charge on any atom is 0.0835 e. The Morgan fingerprint density at radius 2 is 2.25 bits per heavy atom. The van der Waals surface area contributed by atoms with Gasteiger partial charge < -0.3 is 10.5 Å². The van der Waals surface area contributed by atoms with E-state index in [4.69, 9.17) is 10.5 Å². The van der Waals surface area contributed by atoms with Crippen LogP contribution in [0, 0.1) is 0 Å². The largest absolute Gasteiger partial charge is 0.374 e. The van der Waals surface area contributed by atoms with Gasteiger partial charge in [0.15, 0.2) is 0 Å². The molecule has 1 aromatic rings. The van der Waals surface area contributed by atoms with Crippen LogP contribution in [0.1, 0.15) is 38.2 Å². The first kappa shape index (κ1) is 12.1. The Morgan fingerprint density at radius 1 is 1.50 bits per heavy atom. The molecular weight excluding hydrogens is 218 g/mol. The topological polar surface area (TPSA) is 35.2 Å². The quantitative estimate of drug-likeness (QED) is 0.857. The van der Waals surface area contributed by atoms with Gasteiger partial charge in [-0.1, -0.05) is 12.8 Å². The minimum atomic E-state index is -0.0450. The van der Waals surface area contributed by atoms with Gasteiger partial charge in [0, 0.05) is 12.6 Å². The summed E-state index contributed by atoms with van der Waals surface area (Å²) in [6.07, 6.45) is 5.73. The summed E-state index contributed by atoms with van der Waals surface area (Å²) < 4.78 is 5.98. The van der Waals surface area contributed by atoms with Crippen molar-refractivity contribution in [1.82, 2.24) is 0 Å². The van der Waals surface area contributed by atoms with Crippen molar-refractivity contribution >= 4 is 11.3 Å². The second kappa shape index (κ2) is 5.30. The number of rotatable bonds is 5. The highest BCUT2D eigenvalue weighted by Gasteiger charge is 2.40. The zero-order valence-corrected chi connectivity index (χ0v) is 10.8. The molecule has 1 atom stereocenters. The van der Waals surface area contributed by atoms with Crippen molar-refractivity contribution in [2.24, 2.45) is 5.73 Å². The average Bonchev–Trinajstić information content (AvgIpc) is 2.89. The van der Waals surface area contributed by atoms with Gasteiger partial charge in [-0.15, -0.1) is 0 Å². The molecule has 2 rings (SSSR count). The van der Waals surface area contributed by atoms with Gasteiger partial charge in [0.25, 0.3) is 0 Å². The Hall–Kier alpha value is -0.380. The highest BCUT2D eigenvalue weighted by molar-refractivity contribution is 7.07. The summed E-state index contributed by atoms with van der Waals surface area (Å²) in [6, 6.07) is 2.31. The Kier molecular flexibility index (Phi) is 4.00. The van der Waals surface area contributed by atoms with Gasteiger partial charge in [-0.05, 0) is 48.6 Å². The van der Waals surface area contributed by atoms with E-state index in [-0.39, 0.29) is 11.6 Å². The molecule has 1 aliphatic carbocycles. The van der Waals surface area contributed by atoms with Crippen LogP contribution < -0.4 is 5.73 Å². The molecule has 0 aliphatic heterocycles. The number of ether oxygens (including phenoxy) is 1. The zero-order chi connectivity index (χ0) is 11.4. The Morgan fingerprint density at radius 3 is 2.81 bits per heavy atom. The maximum atomic E-state index is 6.37. The monoisotopic (exact) mass is 239 g/mol. The summed E-state index contributed by atoms with van der Waals surface area (Å²) in [5, 5.41) is 4.30. The lowest BCUT2D eigenvalue weighted by Gasteiger charge is -2.35. The van der Waals surface area contributed by atoms with Crippen molar-refractivity contribution in [3.63, 3.8) is 0 Å². The van der Waals surface area contributed by atoms with E-state index in [9.17, 15) is 0 Å². The second-order valence-corrected chi connectivity index (χ2v) is 5.43. The molecule has 0 spiro atoms. The predicted octanol–water partition coefficient (Wildman–Crippen LogP) is 2.97. The minimum absolute atomic E-state index is 0.0450. The van der Waals surface area contributed by atoms with Crippen LogP contribution >= 0.6 is 11.3 Å². The molecule has 2 N–H and O–H groups in total. The smallest absolute Gasteiger partial charge is 0.0835 e. The molecular formula is C13H21NOS. The van der Waals surface area contributed by atoms with Gasteiger partial charge in [-0.25, -0.2) is 0 Å². The van der Waals surface area contributed by atoms with E-state index in [0.29, 0.717) is 0 Å². The van der Waals surface area contributed by atoms with Crippen LogP contribution in [0.4, 0.5) is 0 Å². The van der Waals surface area contributed by atoms with Crippen molar-refractivity contribution < 1.29 is 4.74 Å². The van der Waals surface area contributed by atoms with Crippen molar-refractivity contribution in [2.45, 2.75) is 50.7 Å². The van der Waals surface area contributed by atoms with E-state index in [2.05, 4.69) is 23.8 Å². The molecule has 0 aromatic carbocycles. The number of thiophene rings is 1. The molecule has 0 amide bonds. The molecule has 2 nitrogen and oxygen atoms in total. The number of hydrogen-bond acceptors (Lipinski definition) is 3. The van der Waals surface area contributed by atoms with E-state index in [1.165, 1.54) is 18.4 Å². The third-order valence-corrected chi connectivity index (χ3v) is 4.33. The standard InChI is InChI=1S/C13H21NOS/c1-2-15-13(6-3-4-7-13)12(14)9-11-5-8-16-10-11/h5,8,10,12H,2-4,6-7,9,14H2,1H3. The predicted molar refractivity (Wildman–Crippen MR) is 68.8 cm³/mol. The molecule has 1 saturated carbocycles. The van der Waals surface area contributed by atoms with Crippen LogP contribution in [0.15, 0.2) is 16.8 Å². The molecule has 0 saturated heterocycles. The van der Waals surface area contributed by atoms with Gasteiger partial charge in [0.2, 0.25) is 0 Å². The first-order valence-corrected chi connectivity index (χ1v) is 7.12. The first-order chi connectivity index (χ1) is 7.77. The van der Waals surface area contributed by atoms with Crippen molar-refractivity contribution in [3.05, 3.63) is 22.4 Å². The molecule has 1 unspecified atom stereocenters. The summed E-state index contributed by atoms with van der Waals surface area (Å²) in [5.74, 6) is 0. The highest BCUT2D eigenvalue weighted by Crippen LogP contribution is 2.36. The molecule has 0 bridgehead atoms. The van der Waals surface area contributed by atoms with E-state index in [0.717, 1.165) is 25.9 Å². The van der Waals surface area contributed by atoms with E-state index in [1.54, 1.807) is 11.3 Å². The third-order valence-electron chi connectivity index (χ3n) is 3.59. The molecule has 1 heterocycles. The van der Waals surface area contributed by atoms with E-state index >= 15 is 0 Å². The summed E-state index contributed by atoms with van der Waals surface area (Å²) in [7, 11) is 0. The Labute approximate surface area is 102 Å². The fourth-order valence-electron chi connectivity index (χ4n) is 2.73. The summed E-state index contributed by atoms with van der Waals surface area (Å²) in [5.41, 5.74) is 7.68. The van der Waals surface area contributed by atoms with E-state index < -0.39 is 0 Å². The summed E-state index contributed by atoms with van der Waals surface area (Å²) >= 11 is 1.74. The second-order valence-electron chi connectivity index (χ2n) is 4.65. The Balaban J connectivity index is 2.02. The van der Waals surface area contributed by atoms with Crippen molar-refractivity contribution in [1.29, 1.82) is 0 Å². The number of nitrogens with two attached hydrogens (primary N) is 1. The van der Waals surface area contributed by atoms with Gasteiger partial charge in [-0.2, -0.15) is 11.3 Å². The Bertz CT molecular complexity index is 304. The lowest BCUT2D eigenvalue weighted by molar-refractivity contribution is -0.0524.